The summed E-state index contributed by atoms with van der Waals surface area (Å²) in [4.78, 5) is 0. The second-order valence-electron chi connectivity index (χ2n) is 5.62. The molecule has 2 N–H and O–H groups in total. The Morgan fingerprint density at radius 2 is 1.95 bits per heavy atom. The van der Waals surface area contributed by atoms with E-state index < -0.39 is 10.0 Å². The first-order valence-corrected chi connectivity index (χ1v) is 8.91. The van der Waals surface area contributed by atoms with E-state index >= 15 is 0 Å². The lowest BCUT2D eigenvalue weighted by Gasteiger charge is -2.27. The summed E-state index contributed by atoms with van der Waals surface area (Å²) < 4.78 is 26.7. The monoisotopic (exact) mass is 296 g/mol. The Hall–Kier alpha value is -0.910. The molecule has 1 aliphatic heterocycles. The molecule has 5 heteroatoms. The number of nitrogens with two attached hydrogens (primary N) is 1. The molecule has 4 nitrogen and oxygen atoms in total. The minimum Gasteiger partial charge on any atom is -0.315 e. The average molecular weight is 296 g/mol. The third-order valence-electron chi connectivity index (χ3n) is 3.93. The molecule has 112 valence electrons. The summed E-state index contributed by atoms with van der Waals surface area (Å²) in [7, 11) is -3.29. The van der Waals surface area contributed by atoms with Crippen molar-refractivity contribution >= 4 is 10.0 Å². The summed E-state index contributed by atoms with van der Waals surface area (Å²) in [5, 5.41) is 0. The maximum atomic E-state index is 12.6. The molecule has 1 aromatic carbocycles. The summed E-state index contributed by atoms with van der Waals surface area (Å²) in [6, 6.07) is 9.77. The predicted octanol–water partition coefficient (Wildman–Crippen LogP) is 2.28. The highest BCUT2D eigenvalue weighted by Gasteiger charge is 2.30. The Morgan fingerprint density at radius 3 is 2.65 bits per heavy atom. The molecule has 1 aliphatic rings. The van der Waals surface area contributed by atoms with Crippen molar-refractivity contribution in [3.63, 3.8) is 0 Å². The number of hydrogen-bond acceptors (Lipinski definition) is 3. The summed E-state index contributed by atoms with van der Waals surface area (Å²) in [5.74, 6) is 0.113. The summed E-state index contributed by atoms with van der Waals surface area (Å²) >= 11 is 0. The third-order valence-corrected chi connectivity index (χ3v) is 6.02. The molecule has 0 spiro atoms. The van der Waals surface area contributed by atoms with Crippen LogP contribution in [0.2, 0.25) is 0 Å². The Balaban J connectivity index is 2.10. The van der Waals surface area contributed by atoms with Crippen molar-refractivity contribution in [2.24, 2.45) is 5.73 Å². The van der Waals surface area contributed by atoms with Gasteiger partial charge in [0.2, 0.25) is 10.0 Å². The maximum absolute atomic E-state index is 12.6. The molecular formula is C15H24N2O2S. The maximum Gasteiger partial charge on any atom is 0.216 e. The first-order chi connectivity index (χ1) is 9.50. The number of nitrogens with zero attached hydrogens (tertiary/aromatic N) is 1. The summed E-state index contributed by atoms with van der Waals surface area (Å²) in [6.45, 7) is 2.52. The van der Waals surface area contributed by atoms with Crippen molar-refractivity contribution in [1.82, 2.24) is 4.31 Å². The van der Waals surface area contributed by atoms with Gasteiger partial charge in [-0.3, -0.25) is 0 Å². The quantitative estimate of drug-likeness (QED) is 0.927. The van der Waals surface area contributed by atoms with E-state index in [9.17, 15) is 8.42 Å². The van der Waals surface area contributed by atoms with Crippen molar-refractivity contribution in [3.8, 4) is 0 Å². The van der Waals surface area contributed by atoms with Gasteiger partial charge in [-0.2, -0.15) is 4.31 Å². The van der Waals surface area contributed by atoms with E-state index in [-0.39, 0.29) is 17.8 Å². The van der Waals surface area contributed by atoms with Crippen LogP contribution in [0.25, 0.3) is 0 Å². The zero-order chi connectivity index (χ0) is 14.6. The van der Waals surface area contributed by atoms with Gasteiger partial charge in [-0.1, -0.05) is 50.1 Å². The molecule has 0 bridgehead atoms. The zero-order valence-corrected chi connectivity index (χ0v) is 12.8. The molecule has 0 aromatic heterocycles. The Morgan fingerprint density at radius 1 is 1.25 bits per heavy atom. The largest absolute Gasteiger partial charge is 0.315 e. The number of hydrogen-bond donors (Lipinski definition) is 1. The number of rotatable bonds is 4. The van der Waals surface area contributed by atoms with Gasteiger partial charge in [-0.05, 0) is 24.3 Å². The van der Waals surface area contributed by atoms with Gasteiger partial charge in [0.05, 0.1) is 11.9 Å². The zero-order valence-electron chi connectivity index (χ0n) is 12.0. The fraction of sp³-hybridized carbons (Fsp3) is 0.600. The molecule has 2 unspecified atom stereocenters. The molecule has 1 saturated heterocycles. The van der Waals surface area contributed by atoms with Crippen LogP contribution in [-0.2, 0) is 10.0 Å². The van der Waals surface area contributed by atoms with Crippen LogP contribution in [-0.4, -0.2) is 31.2 Å². The van der Waals surface area contributed by atoms with Gasteiger partial charge < -0.3 is 5.73 Å². The van der Waals surface area contributed by atoms with Crippen molar-refractivity contribution < 1.29 is 8.42 Å². The Bertz CT molecular complexity index is 516. The second-order valence-corrected chi connectivity index (χ2v) is 7.58. The number of sulfonamides is 1. The van der Waals surface area contributed by atoms with Crippen LogP contribution < -0.4 is 5.73 Å². The number of benzene rings is 1. The highest BCUT2D eigenvalue weighted by Crippen LogP contribution is 2.22. The molecule has 0 saturated carbocycles. The molecule has 0 radical (unpaired) electrons. The van der Waals surface area contributed by atoms with Crippen LogP contribution in [0, 0.1) is 0 Å². The molecule has 1 fully saturated rings. The molecule has 1 heterocycles. The fourth-order valence-corrected chi connectivity index (χ4v) is 4.68. The van der Waals surface area contributed by atoms with Crippen LogP contribution >= 0.6 is 0 Å². The van der Waals surface area contributed by atoms with Gasteiger partial charge in [0.15, 0.2) is 0 Å². The topological polar surface area (TPSA) is 63.4 Å². The van der Waals surface area contributed by atoms with Gasteiger partial charge >= 0.3 is 0 Å². The van der Waals surface area contributed by atoms with E-state index in [1.807, 2.05) is 37.3 Å². The average Bonchev–Trinajstić information content (AvgIpc) is 2.64. The molecule has 20 heavy (non-hydrogen) atoms. The lowest BCUT2D eigenvalue weighted by atomic mass is 10.0. The summed E-state index contributed by atoms with van der Waals surface area (Å²) in [6.07, 6.45) is 3.39. The highest BCUT2D eigenvalue weighted by molar-refractivity contribution is 7.89. The third kappa shape index (κ3) is 3.81. The minimum absolute atomic E-state index is 0.0170. The normalized spacial score (nSPS) is 23.2. The minimum atomic E-state index is -3.29. The van der Waals surface area contributed by atoms with E-state index in [1.165, 1.54) is 4.31 Å². The second kappa shape index (κ2) is 6.70. The molecule has 0 amide bonds. The SMILES string of the molecule is CC(CS(=O)(=O)N1CCCCCC1N)c1ccccc1. The van der Waals surface area contributed by atoms with Crippen LogP contribution in [0.5, 0.6) is 0 Å². The molecule has 0 aliphatic carbocycles. The van der Waals surface area contributed by atoms with E-state index in [1.54, 1.807) is 0 Å². The van der Waals surface area contributed by atoms with E-state index in [4.69, 9.17) is 5.73 Å². The first-order valence-electron chi connectivity index (χ1n) is 7.31. The van der Waals surface area contributed by atoms with Crippen molar-refractivity contribution in [2.45, 2.75) is 44.7 Å². The van der Waals surface area contributed by atoms with E-state index in [0.717, 1.165) is 31.2 Å². The Kier molecular flexibility index (Phi) is 5.18. The van der Waals surface area contributed by atoms with Crippen molar-refractivity contribution in [2.75, 3.05) is 12.3 Å². The fourth-order valence-electron chi connectivity index (χ4n) is 2.74. The van der Waals surface area contributed by atoms with Crippen molar-refractivity contribution in [1.29, 1.82) is 0 Å². The van der Waals surface area contributed by atoms with Gasteiger partial charge in [0.25, 0.3) is 0 Å². The van der Waals surface area contributed by atoms with Gasteiger partial charge in [-0.15, -0.1) is 0 Å². The van der Waals surface area contributed by atoms with Crippen molar-refractivity contribution in [3.05, 3.63) is 35.9 Å². The molecular weight excluding hydrogens is 272 g/mol. The van der Waals surface area contributed by atoms with Gasteiger partial charge in [-0.25, -0.2) is 8.42 Å². The van der Waals surface area contributed by atoms with E-state index in [0.29, 0.717) is 6.54 Å². The highest BCUT2D eigenvalue weighted by atomic mass is 32.2. The van der Waals surface area contributed by atoms with Gasteiger partial charge in [0.1, 0.15) is 0 Å². The molecule has 2 rings (SSSR count). The lowest BCUT2D eigenvalue weighted by Crippen LogP contribution is -2.46. The lowest BCUT2D eigenvalue weighted by molar-refractivity contribution is 0.329. The predicted molar refractivity (Wildman–Crippen MR) is 81.8 cm³/mol. The standard InChI is InChI=1S/C15H24N2O2S/c1-13(14-8-4-2-5-9-14)12-20(18,19)17-11-7-3-6-10-15(17)16/h2,4-5,8-9,13,15H,3,6-7,10-12,16H2,1H3. The Labute approximate surface area is 122 Å². The smallest absolute Gasteiger partial charge is 0.216 e. The van der Waals surface area contributed by atoms with Crippen LogP contribution in [0.1, 0.15) is 44.1 Å². The van der Waals surface area contributed by atoms with Crippen LogP contribution in [0.4, 0.5) is 0 Å². The van der Waals surface area contributed by atoms with Crippen LogP contribution in [0.15, 0.2) is 30.3 Å². The molecule has 1 aromatic rings. The molecule has 2 atom stereocenters. The first kappa shape index (κ1) is 15.5. The summed E-state index contributed by atoms with van der Waals surface area (Å²) in [5.41, 5.74) is 7.08. The van der Waals surface area contributed by atoms with Gasteiger partial charge in [0, 0.05) is 6.54 Å². The van der Waals surface area contributed by atoms with Crippen LogP contribution in [0.3, 0.4) is 0 Å². The van der Waals surface area contributed by atoms with E-state index in [2.05, 4.69) is 0 Å².